The molecule has 1 aliphatic rings. The van der Waals surface area contributed by atoms with Gasteiger partial charge in [0.15, 0.2) is 0 Å². The molecule has 0 heterocycles. The minimum atomic E-state index is -0.971. The van der Waals surface area contributed by atoms with Crippen LogP contribution in [0, 0.1) is 5.41 Å². The molecular weight excluding hydrogens is 208 g/mol. The Morgan fingerprint density at radius 2 is 2.12 bits per heavy atom. The number of carboxylic acids is 1. The van der Waals surface area contributed by atoms with Crippen LogP contribution in [0.15, 0.2) is 0 Å². The van der Waals surface area contributed by atoms with Gasteiger partial charge in [-0.3, -0.25) is 4.79 Å². The van der Waals surface area contributed by atoms with Crippen molar-refractivity contribution in [1.29, 1.82) is 0 Å². The lowest BCUT2D eigenvalue weighted by molar-refractivity contribution is -0.145. The van der Waals surface area contributed by atoms with Crippen molar-refractivity contribution < 1.29 is 14.7 Å². The van der Waals surface area contributed by atoms with Crippen molar-refractivity contribution in [3.63, 3.8) is 0 Å². The molecule has 1 amide bonds. The molecule has 1 aliphatic carbocycles. The quantitative estimate of drug-likeness (QED) is 0.616. The maximum Gasteiger partial charge on any atom is 0.326 e. The number of nitrogens with one attached hydrogen (secondary N) is 1. The second-order valence-corrected chi connectivity index (χ2v) is 4.49. The first kappa shape index (κ1) is 13.0. The Balaban J connectivity index is 2.57. The zero-order chi connectivity index (χ0) is 12.2. The number of rotatable bonds is 6. The first-order valence-corrected chi connectivity index (χ1v) is 5.79. The Morgan fingerprint density at radius 1 is 1.50 bits per heavy atom. The highest BCUT2D eigenvalue weighted by molar-refractivity contribution is 5.88. The van der Waals surface area contributed by atoms with Crippen LogP contribution < -0.4 is 11.1 Å². The van der Waals surface area contributed by atoms with E-state index in [0.717, 1.165) is 25.7 Å². The molecule has 0 aromatic heterocycles. The molecule has 4 N–H and O–H groups in total. The third-order valence-electron chi connectivity index (χ3n) is 3.36. The number of amides is 1. The van der Waals surface area contributed by atoms with Crippen molar-refractivity contribution in [3.8, 4) is 0 Å². The summed E-state index contributed by atoms with van der Waals surface area (Å²) in [6, 6.07) is -0.776. The molecule has 0 saturated heterocycles. The Labute approximate surface area is 95.4 Å². The molecule has 1 rings (SSSR count). The van der Waals surface area contributed by atoms with Gasteiger partial charge in [-0.15, -0.1) is 0 Å². The number of carbonyl (C=O) groups is 2. The number of hydrogen-bond acceptors (Lipinski definition) is 3. The zero-order valence-electron chi connectivity index (χ0n) is 9.66. The van der Waals surface area contributed by atoms with Crippen molar-refractivity contribution >= 4 is 11.9 Å². The largest absolute Gasteiger partial charge is 0.480 e. The highest BCUT2D eigenvalue weighted by Gasteiger charge is 2.43. The second kappa shape index (κ2) is 5.30. The van der Waals surface area contributed by atoms with Crippen LogP contribution in [0.5, 0.6) is 0 Å². The predicted molar refractivity (Wildman–Crippen MR) is 59.8 cm³/mol. The topological polar surface area (TPSA) is 92.4 Å². The van der Waals surface area contributed by atoms with Crippen LogP contribution in [-0.4, -0.2) is 29.6 Å². The van der Waals surface area contributed by atoms with E-state index in [4.69, 9.17) is 10.8 Å². The van der Waals surface area contributed by atoms with Gasteiger partial charge in [-0.2, -0.15) is 0 Å². The van der Waals surface area contributed by atoms with Gasteiger partial charge in [-0.1, -0.05) is 19.8 Å². The molecule has 1 fully saturated rings. The van der Waals surface area contributed by atoms with Crippen LogP contribution in [0.1, 0.15) is 39.0 Å². The molecular formula is C11H20N2O3. The number of hydrogen-bond donors (Lipinski definition) is 3. The van der Waals surface area contributed by atoms with Crippen LogP contribution >= 0.6 is 0 Å². The van der Waals surface area contributed by atoms with E-state index in [2.05, 4.69) is 5.32 Å². The highest BCUT2D eigenvalue weighted by atomic mass is 16.4. The van der Waals surface area contributed by atoms with E-state index in [1.54, 1.807) is 0 Å². The minimum absolute atomic E-state index is 0.192. The molecule has 92 valence electrons. The molecule has 5 heteroatoms. The molecule has 5 nitrogen and oxygen atoms in total. The Kier molecular flexibility index (Phi) is 4.29. The molecule has 1 atom stereocenters. The van der Waals surface area contributed by atoms with Crippen LogP contribution in [0.25, 0.3) is 0 Å². The Hall–Kier alpha value is -1.10. The van der Waals surface area contributed by atoms with Gasteiger partial charge < -0.3 is 16.2 Å². The lowest BCUT2D eigenvalue weighted by Crippen LogP contribution is -2.54. The van der Waals surface area contributed by atoms with Crippen molar-refractivity contribution in [2.24, 2.45) is 11.1 Å². The summed E-state index contributed by atoms with van der Waals surface area (Å²) in [7, 11) is 0. The van der Waals surface area contributed by atoms with Gasteiger partial charge in [0.1, 0.15) is 6.04 Å². The summed E-state index contributed by atoms with van der Waals surface area (Å²) in [5, 5.41) is 11.5. The van der Waals surface area contributed by atoms with Gasteiger partial charge >= 0.3 is 5.97 Å². The van der Waals surface area contributed by atoms with Crippen LogP contribution in [0.4, 0.5) is 0 Å². The molecule has 1 saturated carbocycles. The summed E-state index contributed by atoms with van der Waals surface area (Å²) >= 11 is 0. The average Bonchev–Trinajstić information content (AvgIpc) is 2.16. The summed E-state index contributed by atoms with van der Waals surface area (Å²) in [6.45, 7) is 2.20. The number of carboxylic acid groups (broad SMARTS) is 1. The maximum atomic E-state index is 11.9. The molecule has 0 aromatic carbocycles. The number of carbonyl (C=O) groups excluding carboxylic acids is 1. The van der Waals surface area contributed by atoms with Gasteiger partial charge in [0.2, 0.25) is 5.91 Å². The fourth-order valence-electron chi connectivity index (χ4n) is 1.98. The summed E-state index contributed by atoms with van der Waals surface area (Å²) < 4.78 is 0. The fourth-order valence-corrected chi connectivity index (χ4v) is 1.98. The first-order valence-electron chi connectivity index (χ1n) is 5.79. The van der Waals surface area contributed by atoms with E-state index < -0.39 is 17.4 Å². The summed E-state index contributed by atoms with van der Waals surface area (Å²) in [6.07, 6.45) is 3.73. The smallest absolute Gasteiger partial charge is 0.326 e. The van der Waals surface area contributed by atoms with Gasteiger partial charge in [0.05, 0.1) is 5.41 Å². The van der Waals surface area contributed by atoms with E-state index in [9.17, 15) is 9.59 Å². The third kappa shape index (κ3) is 2.52. The van der Waals surface area contributed by atoms with E-state index in [1.807, 2.05) is 6.92 Å². The van der Waals surface area contributed by atoms with E-state index in [0.29, 0.717) is 13.0 Å². The lowest BCUT2D eigenvalue weighted by Gasteiger charge is -2.39. The summed E-state index contributed by atoms with van der Waals surface area (Å²) in [5.74, 6) is -1.16. The van der Waals surface area contributed by atoms with E-state index in [-0.39, 0.29) is 5.91 Å². The van der Waals surface area contributed by atoms with Crippen LogP contribution in [0.2, 0.25) is 0 Å². The SMILES string of the molecule is CCCC(NC(=O)C1(CN)CCC1)C(=O)O. The Morgan fingerprint density at radius 3 is 2.44 bits per heavy atom. The predicted octanol–water partition coefficient (Wildman–Crippen LogP) is 0.485. The van der Waals surface area contributed by atoms with Crippen LogP contribution in [0.3, 0.4) is 0 Å². The molecule has 0 spiro atoms. The third-order valence-corrected chi connectivity index (χ3v) is 3.36. The Bertz CT molecular complexity index is 269. The summed E-state index contributed by atoms with van der Waals surface area (Å²) in [4.78, 5) is 22.8. The van der Waals surface area contributed by atoms with Crippen molar-refractivity contribution in [2.45, 2.75) is 45.1 Å². The molecule has 0 bridgehead atoms. The minimum Gasteiger partial charge on any atom is -0.480 e. The van der Waals surface area contributed by atoms with E-state index >= 15 is 0 Å². The van der Waals surface area contributed by atoms with Crippen molar-refractivity contribution in [2.75, 3.05) is 6.54 Å². The van der Waals surface area contributed by atoms with Gasteiger partial charge in [0, 0.05) is 6.54 Å². The van der Waals surface area contributed by atoms with Gasteiger partial charge in [0.25, 0.3) is 0 Å². The maximum absolute atomic E-state index is 11.9. The van der Waals surface area contributed by atoms with E-state index in [1.165, 1.54) is 0 Å². The highest BCUT2D eigenvalue weighted by Crippen LogP contribution is 2.40. The zero-order valence-corrected chi connectivity index (χ0v) is 9.66. The normalized spacial score (nSPS) is 19.6. The lowest BCUT2D eigenvalue weighted by atomic mass is 9.68. The average molecular weight is 228 g/mol. The van der Waals surface area contributed by atoms with Crippen molar-refractivity contribution in [1.82, 2.24) is 5.32 Å². The molecule has 0 radical (unpaired) electrons. The van der Waals surface area contributed by atoms with Crippen LogP contribution in [-0.2, 0) is 9.59 Å². The summed E-state index contributed by atoms with van der Waals surface area (Å²) in [5.41, 5.74) is 5.09. The number of nitrogens with two attached hydrogens (primary N) is 1. The molecule has 16 heavy (non-hydrogen) atoms. The standard InChI is InChI=1S/C11H20N2O3/c1-2-4-8(9(14)15)13-10(16)11(7-12)5-3-6-11/h8H,2-7,12H2,1H3,(H,13,16)(H,14,15). The molecule has 1 unspecified atom stereocenters. The van der Waals surface area contributed by atoms with Gasteiger partial charge in [-0.25, -0.2) is 4.79 Å². The molecule has 0 aromatic rings. The molecule has 0 aliphatic heterocycles. The number of aliphatic carboxylic acids is 1. The second-order valence-electron chi connectivity index (χ2n) is 4.49. The monoisotopic (exact) mass is 228 g/mol. The fraction of sp³-hybridized carbons (Fsp3) is 0.818. The van der Waals surface area contributed by atoms with Crippen molar-refractivity contribution in [3.05, 3.63) is 0 Å². The first-order chi connectivity index (χ1) is 7.55. The van der Waals surface area contributed by atoms with Gasteiger partial charge in [-0.05, 0) is 19.3 Å².